The summed E-state index contributed by atoms with van der Waals surface area (Å²) < 4.78 is 0. The molecule has 1 nitrogen and oxygen atoms in total. The number of fused-ring (bicyclic) bond motifs is 1. The van der Waals surface area contributed by atoms with Crippen LogP contribution in [0, 0.1) is 6.92 Å². The summed E-state index contributed by atoms with van der Waals surface area (Å²) in [5.74, 6) is 0.299. The van der Waals surface area contributed by atoms with E-state index in [1.54, 1.807) is 0 Å². The Hall–Kier alpha value is -2.67. The van der Waals surface area contributed by atoms with E-state index in [4.69, 9.17) is 0 Å². The third kappa shape index (κ3) is 3.83. The molecule has 3 aromatic carbocycles. The molecule has 1 heteroatoms. The number of ketones is 1. The highest BCUT2D eigenvalue weighted by atomic mass is 16.1. The van der Waals surface area contributed by atoms with Gasteiger partial charge in [0.15, 0.2) is 5.78 Å². The van der Waals surface area contributed by atoms with Crippen LogP contribution in [0.3, 0.4) is 0 Å². The maximum Gasteiger partial charge on any atom is 0.163 e. The molecule has 0 atom stereocenters. The van der Waals surface area contributed by atoms with Gasteiger partial charge in [0.25, 0.3) is 0 Å². The summed E-state index contributed by atoms with van der Waals surface area (Å²) in [5.41, 5.74) is 9.11. The highest BCUT2D eigenvalue weighted by molar-refractivity contribution is 6.22. The Morgan fingerprint density at radius 2 is 1.31 bits per heavy atom. The Balaban J connectivity index is 1.52. The fraction of sp³-hybridized carbons (Fsp3) is 0.387. The molecule has 2 aliphatic carbocycles. The Kier molecular flexibility index (Phi) is 5.53. The van der Waals surface area contributed by atoms with Crippen molar-refractivity contribution in [2.24, 2.45) is 0 Å². The molecule has 0 aromatic heterocycles. The fourth-order valence-electron chi connectivity index (χ4n) is 6.04. The molecule has 2 aliphatic rings. The quantitative estimate of drug-likeness (QED) is 0.413. The van der Waals surface area contributed by atoms with Crippen LogP contribution in [-0.4, -0.2) is 5.78 Å². The van der Waals surface area contributed by atoms with E-state index in [1.165, 1.54) is 70.7 Å². The summed E-state index contributed by atoms with van der Waals surface area (Å²) in [6.45, 7) is 6.84. The van der Waals surface area contributed by atoms with Crippen LogP contribution < -0.4 is 0 Å². The predicted octanol–water partition coefficient (Wildman–Crippen LogP) is 8.56. The first-order valence-corrected chi connectivity index (χ1v) is 12.3. The summed E-state index contributed by atoms with van der Waals surface area (Å²) in [4.78, 5) is 12.5. The molecule has 3 aromatic rings. The fourth-order valence-corrected chi connectivity index (χ4v) is 6.04. The lowest BCUT2D eigenvalue weighted by Crippen LogP contribution is -2.26. The molecule has 5 rings (SSSR count). The molecule has 0 amide bonds. The van der Waals surface area contributed by atoms with Gasteiger partial charge in [-0.2, -0.15) is 0 Å². The lowest BCUT2D eigenvalue weighted by molar-refractivity contribution is -0.114. The number of hydrogen-bond acceptors (Lipinski definition) is 1. The Labute approximate surface area is 192 Å². The van der Waals surface area contributed by atoms with E-state index in [2.05, 4.69) is 75.4 Å². The van der Waals surface area contributed by atoms with Gasteiger partial charge >= 0.3 is 0 Å². The SMILES string of the molecule is CC1=C(c2ccc3cc(-c4ccc(C)c(C5(C)CCCCC5)c4)ccc3c2)C(=O)CCC1. The van der Waals surface area contributed by atoms with Crippen molar-refractivity contribution in [3.8, 4) is 11.1 Å². The first kappa shape index (κ1) is 21.2. The molecule has 0 spiro atoms. The molecule has 0 heterocycles. The van der Waals surface area contributed by atoms with Gasteiger partial charge in [-0.1, -0.05) is 74.2 Å². The number of aryl methyl sites for hydroxylation is 1. The normalized spacial score (nSPS) is 18.9. The largest absolute Gasteiger partial charge is 0.294 e. The molecule has 0 radical (unpaired) electrons. The highest BCUT2D eigenvalue weighted by Gasteiger charge is 2.30. The van der Waals surface area contributed by atoms with E-state index in [-0.39, 0.29) is 0 Å². The van der Waals surface area contributed by atoms with Gasteiger partial charge < -0.3 is 0 Å². The number of Topliss-reactive ketones (excluding diaryl/α,β-unsaturated/α-hetero) is 1. The van der Waals surface area contributed by atoms with Crippen molar-refractivity contribution in [3.63, 3.8) is 0 Å². The minimum atomic E-state index is 0.299. The molecule has 0 bridgehead atoms. The standard InChI is InChI=1S/C31H34O/c1-21-10-11-26(20-28(21)31(3)16-5-4-6-17-31)24-12-13-25-19-27(15-14-23(25)18-24)30-22(2)8-7-9-29(30)32/h10-15,18-20H,4-9,16-17H2,1-3H3. The molecule has 0 N–H and O–H groups in total. The number of allylic oxidation sites excluding steroid dienone is 2. The summed E-state index contributed by atoms with van der Waals surface area (Å²) in [7, 11) is 0. The molecule has 1 fully saturated rings. The average Bonchev–Trinajstić information content (AvgIpc) is 2.79. The zero-order valence-electron chi connectivity index (χ0n) is 19.8. The monoisotopic (exact) mass is 422 g/mol. The number of rotatable bonds is 3. The van der Waals surface area contributed by atoms with Crippen LogP contribution in [0.25, 0.3) is 27.5 Å². The molecule has 32 heavy (non-hydrogen) atoms. The van der Waals surface area contributed by atoms with Gasteiger partial charge in [-0.15, -0.1) is 0 Å². The number of benzene rings is 3. The van der Waals surface area contributed by atoms with Crippen molar-refractivity contribution < 1.29 is 4.79 Å². The van der Waals surface area contributed by atoms with E-state index in [1.807, 2.05) is 0 Å². The summed E-state index contributed by atoms with van der Waals surface area (Å²) in [6.07, 6.45) is 9.36. The summed E-state index contributed by atoms with van der Waals surface area (Å²) in [6, 6.07) is 20.3. The second-order valence-electron chi connectivity index (χ2n) is 10.4. The third-order valence-corrected chi connectivity index (χ3v) is 7.97. The minimum absolute atomic E-state index is 0.299. The molecular weight excluding hydrogens is 388 g/mol. The molecule has 0 saturated heterocycles. The molecule has 0 aliphatic heterocycles. The van der Waals surface area contributed by atoms with Crippen molar-refractivity contribution in [3.05, 3.63) is 76.9 Å². The van der Waals surface area contributed by atoms with E-state index in [9.17, 15) is 4.79 Å². The third-order valence-electron chi connectivity index (χ3n) is 7.97. The lowest BCUT2D eigenvalue weighted by atomic mass is 9.69. The first-order valence-electron chi connectivity index (χ1n) is 12.3. The Morgan fingerprint density at radius 1 is 0.688 bits per heavy atom. The maximum atomic E-state index is 12.5. The zero-order valence-corrected chi connectivity index (χ0v) is 19.8. The van der Waals surface area contributed by atoms with E-state index in [0.29, 0.717) is 17.6 Å². The maximum absolute atomic E-state index is 12.5. The van der Waals surface area contributed by atoms with Crippen molar-refractivity contribution in [2.45, 2.75) is 77.6 Å². The lowest BCUT2D eigenvalue weighted by Gasteiger charge is -2.35. The zero-order chi connectivity index (χ0) is 22.3. The van der Waals surface area contributed by atoms with Crippen LogP contribution in [-0.2, 0) is 10.2 Å². The van der Waals surface area contributed by atoms with Gasteiger partial charge in [-0.05, 0) is 95.7 Å². The van der Waals surface area contributed by atoms with Crippen molar-refractivity contribution in [1.82, 2.24) is 0 Å². The van der Waals surface area contributed by atoms with Gasteiger partial charge in [-0.25, -0.2) is 0 Å². The number of carbonyl (C=O) groups is 1. The van der Waals surface area contributed by atoms with Gasteiger partial charge in [0.05, 0.1) is 0 Å². The van der Waals surface area contributed by atoms with Crippen LogP contribution in [0.4, 0.5) is 0 Å². The summed E-state index contributed by atoms with van der Waals surface area (Å²) >= 11 is 0. The van der Waals surface area contributed by atoms with Crippen molar-refractivity contribution >= 4 is 22.1 Å². The smallest absolute Gasteiger partial charge is 0.163 e. The Bertz CT molecular complexity index is 1220. The number of carbonyl (C=O) groups excluding carboxylic acids is 1. The van der Waals surface area contributed by atoms with Gasteiger partial charge in [-0.3, -0.25) is 4.79 Å². The number of hydrogen-bond donors (Lipinski definition) is 0. The second kappa shape index (κ2) is 8.35. The average molecular weight is 423 g/mol. The molecule has 0 unspecified atom stereocenters. The van der Waals surface area contributed by atoms with Gasteiger partial charge in [0, 0.05) is 12.0 Å². The van der Waals surface area contributed by atoms with Crippen molar-refractivity contribution in [2.75, 3.05) is 0 Å². The van der Waals surface area contributed by atoms with Crippen LogP contribution >= 0.6 is 0 Å². The Morgan fingerprint density at radius 3 is 2.03 bits per heavy atom. The summed E-state index contributed by atoms with van der Waals surface area (Å²) in [5, 5.41) is 2.44. The topological polar surface area (TPSA) is 17.1 Å². The van der Waals surface area contributed by atoms with E-state index >= 15 is 0 Å². The van der Waals surface area contributed by atoms with Crippen LogP contribution in [0.1, 0.15) is 81.9 Å². The van der Waals surface area contributed by atoms with Crippen molar-refractivity contribution in [1.29, 1.82) is 0 Å². The second-order valence-corrected chi connectivity index (χ2v) is 10.4. The van der Waals surface area contributed by atoms with E-state index < -0.39 is 0 Å². The van der Waals surface area contributed by atoms with Crippen LogP contribution in [0.5, 0.6) is 0 Å². The molecule has 1 saturated carbocycles. The van der Waals surface area contributed by atoms with Gasteiger partial charge in [0.2, 0.25) is 0 Å². The molecular formula is C31H34O. The van der Waals surface area contributed by atoms with Crippen LogP contribution in [0.2, 0.25) is 0 Å². The predicted molar refractivity (Wildman–Crippen MR) is 136 cm³/mol. The van der Waals surface area contributed by atoms with Crippen LogP contribution in [0.15, 0.2) is 60.2 Å². The highest BCUT2D eigenvalue weighted by Crippen LogP contribution is 2.42. The van der Waals surface area contributed by atoms with Gasteiger partial charge in [0.1, 0.15) is 0 Å². The minimum Gasteiger partial charge on any atom is -0.294 e. The molecule has 164 valence electrons. The first-order chi connectivity index (χ1) is 15.4. The van der Waals surface area contributed by atoms with E-state index in [0.717, 1.165) is 24.0 Å².